The van der Waals surface area contributed by atoms with Gasteiger partial charge in [-0.3, -0.25) is 24.9 Å². The minimum atomic E-state index is -0.476. The summed E-state index contributed by atoms with van der Waals surface area (Å²) in [4.78, 5) is 21.1. The van der Waals surface area contributed by atoms with Gasteiger partial charge in [0.15, 0.2) is 5.82 Å². The second kappa shape index (κ2) is 8.18. The standard InChI is InChI=1S/C16H16N8O4S/c1-10-15(24(27)28)11(2)21(20-10)9-29-16-19-18-12(3)22(16)17-8-13-5-4-6-14(7-13)23(25)26/h4-8H,9H2,1-3H3/b17-8+. The van der Waals surface area contributed by atoms with Crippen LogP contribution in [0.4, 0.5) is 11.4 Å². The van der Waals surface area contributed by atoms with Crippen LogP contribution in [0.5, 0.6) is 0 Å². The molecule has 3 aromatic rings. The Bertz CT molecular complexity index is 1120. The number of benzene rings is 1. The van der Waals surface area contributed by atoms with Crippen LogP contribution in [0.1, 0.15) is 22.8 Å². The Morgan fingerprint density at radius 2 is 1.93 bits per heavy atom. The van der Waals surface area contributed by atoms with Gasteiger partial charge in [0.05, 0.1) is 21.9 Å². The van der Waals surface area contributed by atoms with Crippen molar-refractivity contribution in [3.05, 3.63) is 67.3 Å². The second-order valence-electron chi connectivity index (χ2n) is 5.99. The summed E-state index contributed by atoms with van der Waals surface area (Å²) in [7, 11) is 0. The van der Waals surface area contributed by atoms with Gasteiger partial charge in [-0.05, 0) is 20.8 Å². The maximum atomic E-state index is 11.1. The molecule has 29 heavy (non-hydrogen) atoms. The third kappa shape index (κ3) is 4.29. The van der Waals surface area contributed by atoms with E-state index in [4.69, 9.17) is 0 Å². The van der Waals surface area contributed by atoms with Gasteiger partial charge >= 0.3 is 5.69 Å². The Hall–Kier alpha value is -3.61. The minimum absolute atomic E-state index is 0.00746. The van der Waals surface area contributed by atoms with Crippen molar-refractivity contribution in [2.45, 2.75) is 31.8 Å². The molecule has 0 atom stereocenters. The lowest BCUT2D eigenvalue weighted by molar-refractivity contribution is -0.386. The quantitative estimate of drug-likeness (QED) is 0.247. The maximum absolute atomic E-state index is 11.1. The zero-order valence-electron chi connectivity index (χ0n) is 15.7. The highest BCUT2D eigenvalue weighted by atomic mass is 32.2. The number of aromatic nitrogens is 5. The van der Waals surface area contributed by atoms with Crippen molar-refractivity contribution in [3.8, 4) is 0 Å². The molecule has 0 radical (unpaired) electrons. The summed E-state index contributed by atoms with van der Waals surface area (Å²) in [6, 6.07) is 6.07. The lowest BCUT2D eigenvalue weighted by Gasteiger charge is -2.04. The molecule has 12 nitrogen and oxygen atoms in total. The van der Waals surface area contributed by atoms with E-state index in [1.165, 1.54) is 39.5 Å². The number of hydrogen-bond donors (Lipinski definition) is 0. The molecule has 0 fully saturated rings. The molecule has 0 amide bonds. The molecule has 0 aliphatic heterocycles. The van der Waals surface area contributed by atoms with E-state index in [0.717, 1.165) is 0 Å². The van der Waals surface area contributed by atoms with Crippen LogP contribution < -0.4 is 0 Å². The number of nitro groups is 2. The molecule has 0 aliphatic rings. The number of nitro benzene ring substituents is 1. The zero-order chi connectivity index (χ0) is 21.1. The van der Waals surface area contributed by atoms with Crippen LogP contribution in [0.2, 0.25) is 0 Å². The molecular weight excluding hydrogens is 400 g/mol. The summed E-state index contributed by atoms with van der Waals surface area (Å²) in [5.41, 5.74) is 1.30. The third-order valence-electron chi connectivity index (χ3n) is 4.01. The Kier molecular flexibility index (Phi) is 5.68. The average molecular weight is 416 g/mol. The maximum Gasteiger partial charge on any atom is 0.312 e. The van der Waals surface area contributed by atoms with E-state index in [2.05, 4.69) is 20.4 Å². The zero-order valence-corrected chi connectivity index (χ0v) is 16.5. The molecule has 13 heteroatoms. The first-order valence-corrected chi connectivity index (χ1v) is 9.28. The van der Waals surface area contributed by atoms with Crippen LogP contribution in [0.25, 0.3) is 0 Å². The molecule has 2 aromatic heterocycles. The summed E-state index contributed by atoms with van der Waals surface area (Å²) >= 11 is 1.26. The van der Waals surface area contributed by atoms with E-state index in [9.17, 15) is 20.2 Å². The highest BCUT2D eigenvalue weighted by Crippen LogP contribution is 2.25. The van der Waals surface area contributed by atoms with Crippen molar-refractivity contribution >= 4 is 29.4 Å². The van der Waals surface area contributed by atoms with Crippen LogP contribution in [0.15, 0.2) is 34.5 Å². The van der Waals surface area contributed by atoms with E-state index >= 15 is 0 Å². The molecule has 3 rings (SSSR count). The number of rotatable bonds is 7. The largest absolute Gasteiger partial charge is 0.312 e. The average Bonchev–Trinajstić information content (AvgIpc) is 3.16. The molecule has 1 aromatic carbocycles. The topological polar surface area (TPSA) is 147 Å². The van der Waals surface area contributed by atoms with Gasteiger partial charge in [0.2, 0.25) is 5.16 Å². The molecule has 150 valence electrons. The number of aryl methyl sites for hydroxylation is 2. The van der Waals surface area contributed by atoms with Gasteiger partial charge in [-0.25, -0.2) is 0 Å². The predicted octanol–water partition coefficient (Wildman–Crippen LogP) is 2.85. The van der Waals surface area contributed by atoms with Crippen LogP contribution in [0.3, 0.4) is 0 Å². The summed E-state index contributed by atoms with van der Waals surface area (Å²) < 4.78 is 3.01. The molecule has 2 heterocycles. The molecule has 0 saturated carbocycles. The first kappa shape index (κ1) is 20.1. The number of thioether (sulfide) groups is 1. The SMILES string of the molecule is Cc1nn(CSc2nnc(C)n2/N=C/c2cccc([N+](=O)[O-])c2)c(C)c1[N+](=O)[O-]. The number of hydrogen-bond acceptors (Lipinski definition) is 9. The van der Waals surface area contributed by atoms with Crippen molar-refractivity contribution in [1.29, 1.82) is 0 Å². The van der Waals surface area contributed by atoms with Crippen LogP contribution in [-0.4, -0.2) is 40.7 Å². The third-order valence-corrected chi connectivity index (χ3v) is 4.90. The second-order valence-corrected chi connectivity index (χ2v) is 6.90. The predicted molar refractivity (Wildman–Crippen MR) is 105 cm³/mol. The van der Waals surface area contributed by atoms with Crippen molar-refractivity contribution in [1.82, 2.24) is 24.7 Å². The van der Waals surface area contributed by atoms with Gasteiger partial charge in [0, 0.05) is 17.7 Å². The summed E-state index contributed by atoms with van der Waals surface area (Å²) in [5.74, 6) is 0.805. The monoisotopic (exact) mass is 416 g/mol. The van der Waals surface area contributed by atoms with Gasteiger partial charge < -0.3 is 0 Å². The van der Waals surface area contributed by atoms with Crippen molar-refractivity contribution in [2.75, 3.05) is 0 Å². The minimum Gasteiger partial charge on any atom is -0.258 e. The molecular formula is C16H16N8O4S. The number of non-ortho nitro benzene ring substituents is 1. The van der Waals surface area contributed by atoms with Crippen molar-refractivity contribution in [2.24, 2.45) is 5.10 Å². The summed E-state index contributed by atoms with van der Waals surface area (Å²) in [6.07, 6.45) is 1.47. The van der Waals surface area contributed by atoms with Gasteiger partial charge in [-0.2, -0.15) is 14.9 Å². The fourth-order valence-electron chi connectivity index (χ4n) is 2.60. The first-order valence-electron chi connectivity index (χ1n) is 8.30. The Labute approximate surface area is 168 Å². The Balaban J connectivity index is 1.80. The number of nitrogens with zero attached hydrogens (tertiary/aromatic N) is 8. The Morgan fingerprint density at radius 3 is 2.59 bits per heavy atom. The van der Waals surface area contributed by atoms with Crippen molar-refractivity contribution < 1.29 is 9.85 Å². The molecule has 0 unspecified atom stereocenters. The van der Waals surface area contributed by atoms with Gasteiger partial charge in [-0.1, -0.05) is 23.9 Å². The summed E-state index contributed by atoms with van der Waals surface area (Å²) in [5, 5.41) is 39.0. The van der Waals surface area contributed by atoms with E-state index < -0.39 is 9.85 Å². The van der Waals surface area contributed by atoms with Gasteiger partial charge in [0.25, 0.3) is 5.69 Å². The van der Waals surface area contributed by atoms with Crippen LogP contribution in [-0.2, 0) is 5.88 Å². The van der Waals surface area contributed by atoms with Crippen LogP contribution >= 0.6 is 11.8 Å². The van der Waals surface area contributed by atoms with Gasteiger partial charge in [-0.15, -0.1) is 10.2 Å². The lowest BCUT2D eigenvalue weighted by Crippen LogP contribution is -2.02. The fraction of sp³-hybridized carbons (Fsp3) is 0.250. The van der Waals surface area contributed by atoms with E-state index in [-0.39, 0.29) is 17.3 Å². The molecule has 0 spiro atoms. The molecule has 0 aliphatic carbocycles. The smallest absolute Gasteiger partial charge is 0.258 e. The molecule has 0 bridgehead atoms. The Morgan fingerprint density at radius 1 is 1.17 bits per heavy atom. The van der Waals surface area contributed by atoms with Gasteiger partial charge in [0.1, 0.15) is 11.4 Å². The van der Waals surface area contributed by atoms with E-state index in [1.54, 1.807) is 32.9 Å². The summed E-state index contributed by atoms with van der Waals surface area (Å²) in [6.45, 7) is 4.94. The van der Waals surface area contributed by atoms with E-state index in [1.807, 2.05) is 0 Å². The normalized spacial score (nSPS) is 11.3. The molecule has 0 saturated heterocycles. The molecule has 0 N–H and O–H groups in total. The fourth-order valence-corrected chi connectivity index (χ4v) is 3.49. The first-order chi connectivity index (χ1) is 13.8. The van der Waals surface area contributed by atoms with E-state index in [0.29, 0.717) is 27.9 Å². The highest BCUT2D eigenvalue weighted by molar-refractivity contribution is 7.98. The van der Waals surface area contributed by atoms with Crippen molar-refractivity contribution in [3.63, 3.8) is 0 Å². The highest BCUT2D eigenvalue weighted by Gasteiger charge is 2.22. The lowest BCUT2D eigenvalue weighted by atomic mass is 10.2. The van der Waals surface area contributed by atoms with Crippen LogP contribution in [0, 0.1) is 41.0 Å².